The topological polar surface area (TPSA) is 42.1 Å². The lowest BCUT2D eigenvalue weighted by Crippen LogP contribution is -2.16. The Balaban J connectivity index is 2.06. The first-order chi connectivity index (χ1) is 8.29. The van der Waals surface area contributed by atoms with Crippen molar-refractivity contribution in [1.29, 1.82) is 0 Å². The van der Waals surface area contributed by atoms with Crippen LogP contribution < -0.4 is 10.6 Å². The number of hydrogen-bond acceptors (Lipinski definition) is 3. The van der Waals surface area contributed by atoms with Crippen LogP contribution in [0, 0.1) is 0 Å². The monoisotopic (exact) mass is 227 g/mol. The highest BCUT2D eigenvalue weighted by atomic mass is 15.1. The second-order valence-electron chi connectivity index (χ2n) is 4.05. The Kier molecular flexibility index (Phi) is 3.73. The molecule has 0 spiro atoms. The van der Waals surface area contributed by atoms with Crippen LogP contribution in [0.4, 0.5) is 5.69 Å². The summed E-state index contributed by atoms with van der Waals surface area (Å²) in [6.07, 6.45) is 1.87. The van der Waals surface area contributed by atoms with Gasteiger partial charge in [0.25, 0.3) is 0 Å². The van der Waals surface area contributed by atoms with Crippen molar-refractivity contribution in [3.8, 4) is 0 Å². The maximum atomic E-state index is 5.52. The zero-order valence-corrected chi connectivity index (χ0v) is 10.0. The third-order valence-electron chi connectivity index (χ3n) is 2.72. The Morgan fingerprint density at radius 3 is 2.47 bits per heavy atom. The van der Waals surface area contributed by atoms with E-state index in [-0.39, 0.29) is 0 Å². The number of hydrogen-bond donors (Lipinski definition) is 1. The maximum Gasteiger partial charge on any atom is 0.0553 e. The van der Waals surface area contributed by atoms with Crippen molar-refractivity contribution >= 4 is 5.69 Å². The lowest BCUT2D eigenvalue weighted by atomic mass is 10.2. The molecule has 1 aromatic heterocycles. The summed E-state index contributed by atoms with van der Waals surface area (Å²) < 4.78 is 0. The fourth-order valence-corrected chi connectivity index (χ4v) is 1.71. The fourth-order valence-electron chi connectivity index (χ4n) is 1.71. The molecular weight excluding hydrogens is 210 g/mol. The second kappa shape index (κ2) is 5.46. The Labute approximate surface area is 102 Å². The van der Waals surface area contributed by atoms with E-state index >= 15 is 0 Å². The lowest BCUT2D eigenvalue weighted by Gasteiger charge is -2.19. The van der Waals surface area contributed by atoms with Gasteiger partial charge in [-0.2, -0.15) is 0 Å². The minimum Gasteiger partial charge on any atom is -0.369 e. The molecule has 0 aliphatic heterocycles. The minimum atomic E-state index is 0.489. The third-order valence-corrected chi connectivity index (χ3v) is 2.72. The van der Waals surface area contributed by atoms with Gasteiger partial charge >= 0.3 is 0 Å². The number of nitrogens with two attached hydrogens (primary N) is 1. The second-order valence-corrected chi connectivity index (χ2v) is 4.05. The van der Waals surface area contributed by atoms with E-state index in [0.29, 0.717) is 6.54 Å². The molecule has 0 radical (unpaired) electrons. The Morgan fingerprint density at radius 1 is 1.12 bits per heavy atom. The van der Waals surface area contributed by atoms with Gasteiger partial charge in [-0.05, 0) is 17.7 Å². The summed E-state index contributed by atoms with van der Waals surface area (Å²) in [7, 11) is 2.06. The molecule has 0 saturated carbocycles. The first kappa shape index (κ1) is 11.6. The molecule has 0 atom stereocenters. The van der Waals surface area contributed by atoms with Gasteiger partial charge in [0, 0.05) is 20.1 Å². The van der Waals surface area contributed by atoms with E-state index in [1.54, 1.807) is 0 Å². The van der Waals surface area contributed by atoms with Crippen LogP contribution in [0.2, 0.25) is 0 Å². The van der Waals surface area contributed by atoms with Gasteiger partial charge in [0.05, 0.1) is 17.6 Å². The van der Waals surface area contributed by atoms with Crippen molar-refractivity contribution in [2.75, 3.05) is 11.9 Å². The summed E-state index contributed by atoms with van der Waals surface area (Å²) in [5.74, 6) is 0. The highest BCUT2D eigenvalue weighted by molar-refractivity contribution is 5.44. The van der Waals surface area contributed by atoms with Gasteiger partial charge in [0.1, 0.15) is 0 Å². The Hall–Kier alpha value is -1.87. The molecule has 0 amide bonds. The van der Waals surface area contributed by atoms with Crippen LogP contribution >= 0.6 is 0 Å². The van der Waals surface area contributed by atoms with Crippen molar-refractivity contribution in [3.05, 3.63) is 59.9 Å². The maximum absolute atomic E-state index is 5.52. The molecule has 0 aliphatic carbocycles. The molecule has 3 nitrogen and oxygen atoms in total. The summed E-state index contributed by atoms with van der Waals surface area (Å²) in [6.45, 7) is 1.37. The van der Waals surface area contributed by atoms with Gasteiger partial charge in [-0.3, -0.25) is 4.98 Å². The van der Waals surface area contributed by atoms with Crippen LogP contribution in [-0.2, 0) is 13.1 Å². The van der Waals surface area contributed by atoms with E-state index in [4.69, 9.17) is 5.73 Å². The molecule has 0 bridgehead atoms. The number of anilines is 1. The summed E-state index contributed by atoms with van der Waals surface area (Å²) in [5.41, 5.74) is 8.83. The molecule has 1 aromatic carbocycles. The van der Waals surface area contributed by atoms with Gasteiger partial charge in [0.15, 0.2) is 0 Å². The van der Waals surface area contributed by atoms with Crippen molar-refractivity contribution in [3.63, 3.8) is 0 Å². The van der Waals surface area contributed by atoms with Crippen molar-refractivity contribution in [1.82, 2.24) is 4.98 Å². The van der Waals surface area contributed by atoms with Gasteiger partial charge in [-0.25, -0.2) is 0 Å². The summed E-state index contributed by atoms with van der Waals surface area (Å²) >= 11 is 0. The predicted molar refractivity (Wildman–Crippen MR) is 70.7 cm³/mol. The third kappa shape index (κ3) is 3.04. The van der Waals surface area contributed by atoms with E-state index in [1.807, 2.05) is 18.3 Å². The van der Waals surface area contributed by atoms with Crippen LogP contribution in [0.25, 0.3) is 0 Å². The van der Waals surface area contributed by atoms with Gasteiger partial charge in [-0.1, -0.05) is 30.3 Å². The summed E-state index contributed by atoms with van der Waals surface area (Å²) in [4.78, 5) is 6.46. The number of benzene rings is 1. The molecule has 2 aromatic rings. The quantitative estimate of drug-likeness (QED) is 0.870. The molecule has 3 heteroatoms. The lowest BCUT2D eigenvalue weighted by molar-refractivity contribution is 0.908. The average molecular weight is 227 g/mol. The SMILES string of the molecule is CN(Cc1ccccc1)c1ccc(CN)nc1. The van der Waals surface area contributed by atoms with E-state index in [0.717, 1.165) is 17.9 Å². The summed E-state index contributed by atoms with van der Waals surface area (Å²) in [6, 6.07) is 14.4. The highest BCUT2D eigenvalue weighted by Gasteiger charge is 2.02. The van der Waals surface area contributed by atoms with E-state index < -0.39 is 0 Å². The van der Waals surface area contributed by atoms with E-state index in [2.05, 4.69) is 47.3 Å². The van der Waals surface area contributed by atoms with Crippen LogP contribution in [0.15, 0.2) is 48.7 Å². The Morgan fingerprint density at radius 2 is 1.88 bits per heavy atom. The van der Waals surface area contributed by atoms with Gasteiger partial charge in [0.2, 0.25) is 0 Å². The first-order valence-electron chi connectivity index (χ1n) is 5.69. The molecular formula is C14H17N3. The van der Waals surface area contributed by atoms with Crippen molar-refractivity contribution < 1.29 is 0 Å². The number of nitrogens with zero attached hydrogens (tertiary/aromatic N) is 2. The molecule has 0 unspecified atom stereocenters. The molecule has 0 fully saturated rings. The zero-order chi connectivity index (χ0) is 12.1. The smallest absolute Gasteiger partial charge is 0.0553 e. The number of pyridine rings is 1. The molecule has 2 rings (SSSR count). The van der Waals surface area contributed by atoms with Crippen molar-refractivity contribution in [2.45, 2.75) is 13.1 Å². The summed E-state index contributed by atoms with van der Waals surface area (Å²) in [5, 5.41) is 0. The van der Waals surface area contributed by atoms with E-state index in [1.165, 1.54) is 5.56 Å². The molecule has 88 valence electrons. The van der Waals surface area contributed by atoms with Gasteiger partial charge < -0.3 is 10.6 Å². The molecule has 2 N–H and O–H groups in total. The standard InChI is InChI=1S/C14H17N3/c1-17(11-12-5-3-2-4-6-12)14-8-7-13(9-15)16-10-14/h2-8,10H,9,11,15H2,1H3. The molecule has 0 aliphatic rings. The minimum absolute atomic E-state index is 0.489. The van der Waals surface area contributed by atoms with Crippen LogP contribution in [-0.4, -0.2) is 12.0 Å². The van der Waals surface area contributed by atoms with Crippen LogP contribution in [0.1, 0.15) is 11.3 Å². The molecule has 1 heterocycles. The zero-order valence-electron chi connectivity index (χ0n) is 10.0. The molecule has 0 saturated heterocycles. The fraction of sp³-hybridized carbons (Fsp3) is 0.214. The van der Waals surface area contributed by atoms with Crippen LogP contribution in [0.3, 0.4) is 0 Å². The van der Waals surface area contributed by atoms with E-state index in [9.17, 15) is 0 Å². The normalized spacial score (nSPS) is 10.2. The Bertz CT molecular complexity index is 451. The highest BCUT2D eigenvalue weighted by Crippen LogP contribution is 2.14. The van der Waals surface area contributed by atoms with Crippen LogP contribution in [0.5, 0.6) is 0 Å². The number of aromatic nitrogens is 1. The average Bonchev–Trinajstić information content (AvgIpc) is 2.40. The molecule has 17 heavy (non-hydrogen) atoms. The first-order valence-corrected chi connectivity index (χ1v) is 5.69. The number of rotatable bonds is 4. The van der Waals surface area contributed by atoms with Crippen molar-refractivity contribution in [2.24, 2.45) is 5.73 Å². The predicted octanol–water partition coefficient (Wildman–Crippen LogP) is 2.18. The largest absolute Gasteiger partial charge is 0.369 e. The van der Waals surface area contributed by atoms with Gasteiger partial charge in [-0.15, -0.1) is 0 Å².